The van der Waals surface area contributed by atoms with E-state index in [-0.39, 0.29) is 13.2 Å². The van der Waals surface area contributed by atoms with E-state index < -0.39 is 149 Å². The fourth-order valence-corrected chi connectivity index (χ4v) is 6.55. The molecule has 1 aromatic carbocycles. The van der Waals surface area contributed by atoms with E-state index in [2.05, 4.69) is 0 Å². The summed E-state index contributed by atoms with van der Waals surface area (Å²) in [7, 11) is 0. The van der Waals surface area contributed by atoms with E-state index in [0.29, 0.717) is 11.1 Å². The van der Waals surface area contributed by atoms with E-state index in [1.165, 1.54) is 0 Å². The van der Waals surface area contributed by atoms with Gasteiger partial charge in [0.1, 0.15) is 97.7 Å². The summed E-state index contributed by atoms with van der Waals surface area (Å²) in [5.41, 5.74) is 1.01. The zero-order chi connectivity index (χ0) is 39.4. The zero-order valence-corrected chi connectivity index (χ0v) is 28.6. The highest BCUT2D eigenvalue weighted by molar-refractivity contribution is 5.22. The maximum atomic E-state index is 10.8. The Morgan fingerprint density at radius 2 is 0.741 bits per heavy atom. The maximum Gasteiger partial charge on any atom is 0.187 e. The van der Waals surface area contributed by atoms with Crippen molar-refractivity contribution in [2.75, 3.05) is 26.4 Å². The van der Waals surface area contributed by atoms with Crippen molar-refractivity contribution in [2.45, 2.75) is 136 Å². The molecule has 4 heterocycles. The van der Waals surface area contributed by atoms with Crippen LogP contribution in [0.1, 0.15) is 11.1 Å². The second-order valence-corrected chi connectivity index (χ2v) is 13.5. The van der Waals surface area contributed by atoms with Gasteiger partial charge < -0.3 is 109 Å². The zero-order valence-electron chi connectivity index (χ0n) is 28.6. The molecule has 0 saturated carbocycles. The van der Waals surface area contributed by atoms with Gasteiger partial charge in [0.05, 0.1) is 39.6 Å². The summed E-state index contributed by atoms with van der Waals surface area (Å²) >= 11 is 0. The average molecular weight is 787 g/mol. The van der Waals surface area contributed by atoms with Crippen LogP contribution >= 0.6 is 0 Å². The molecule has 0 aliphatic carbocycles. The van der Waals surface area contributed by atoms with Gasteiger partial charge in [0.15, 0.2) is 25.2 Å². The fraction of sp³-hybridized carbons (Fsp3) is 0.812. The average Bonchev–Trinajstić information content (AvgIpc) is 3.17. The van der Waals surface area contributed by atoms with E-state index in [1.807, 2.05) is 0 Å². The molecule has 0 amide bonds. The molecule has 0 unspecified atom stereocenters. The maximum absolute atomic E-state index is 10.8. The molecule has 22 heteroatoms. The van der Waals surface area contributed by atoms with Crippen LogP contribution in [0.5, 0.6) is 0 Å². The second kappa shape index (κ2) is 19.2. The Balaban J connectivity index is 1.14. The molecule has 4 aliphatic rings. The first-order valence-corrected chi connectivity index (χ1v) is 17.2. The number of hydrogen-bond donors (Lipinski definition) is 14. The first kappa shape index (κ1) is 43.5. The molecule has 5 rings (SSSR count). The Bertz CT molecular complexity index is 1200. The lowest BCUT2D eigenvalue weighted by atomic mass is 9.97. The molecule has 0 aromatic heterocycles. The number of hydrogen-bond acceptors (Lipinski definition) is 22. The van der Waals surface area contributed by atoms with Crippen molar-refractivity contribution in [3.05, 3.63) is 35.4 Å². The number of aliphatic hydroxyl groups excluding tert-OH is 14. The number of aliphatic hydroxyl groups is 14. The third kappa shape index (κ3) is 9.37. The lowest BCUT2D eigenvalue weighted by molar-refractivity contribution is -0.360. The lowest BCUT2D eigenvalue weighted by Gasteiger charge is -2.46. The van der Waals surface area contributed by atoms with Gasteiger partial charge in [-0.05, 0) is 11.1 Å². The monoisotopic (exact) mass is 786 g/mol. The van der Waals surface area contributed by atoms with Crippen LogP contribution in [0.3, 0.4) is 0 Å². The number of benzene rings is 1. The van der Waals surface area contributed by atoms with Crippen molar-refractivity contribution in [1.82, 2.24) is 0 Å². The van der Waals surface area contributed by atoms with Crippen LogP contribution in [-0.4, -0.2) is 221 Å². The molecule has 54 heavy (non-hydrogen) atoms. The summed E-state index contributed by atoms with van der Waals surface area (Å²) in [6, 6.07) is 6.52. The summed E-state index contributed by atoms with van der Waals surface area (Å²) < 4.78 is 44.3. The molecule has 14 N–H and O–H groups in total. The Kier molecular flexibility index (Phi) is 15.4. The van der Waals surface area contributed by atoms with Crippen LogP contribution in [0.4, 0.5) is 0 Å². The van der Waals surface area contributed by atoms with Crippen molar-refractivity contribution in [3.8, 4) is 0 Å². The van der Waals surface area contributed by atoms with Gasteiger partial charge in [0, 0.05) is 0 Å². The fourth-order valence-electron chi connectivity index (χ4n) is 6.55. The summed E-state index contributed by atoms with van der Waals surface area (Å²) in [5.74, 6) is 0. The lowest BCUT2D eigenvalue weighted by Crippen LogP contribution is -2.64. The van der Waals surface area contributed by atoms with Crippen LogP contribution in [-0.2, 0) is 51.1 Å². The SMILES string of the molecule is OC[C@H]1O[C@H](O[C@@H]2[C@H](O)[C@@H](O)[C@H](OCc3cccc(CO[C@@H]4O[C@H](CO)[C@H](O[C@H]5O[C@H](CO)[C@H](O)[C@H](O)[C@H]5O)[C@H](O)[C@H]4O)c3)O[C@@H]2CO)[C@H](O)[C@@H](O)[C@H]1O. The van der Waals surface area contributed by atoms with Gasteiger partial charge in [-0.2, -0.15) is 0 Å². The third-order valence-electron chi connectivity index (χ3n) is 9.74. The summed E-state index contributed by atoms with van der Waals surface area (Å²) in [6.07, 6.45) is -32.2. The highest BCUT2D eigenvalue weighted by Gasteiger charge is 2.52. The molecule has 0 radical (unpaired) electrons. The predicted molar refractivity (Wildman–Crippen MR) is 169 cm³/mol. The third-order valence-corrected chi connectivity index (χ3v) is 9.74. The van der Waals surface area contributed by atoms with Gasteiger partial charge >= 0.3 is 0 Å². The smallest absolute Gasteiger partial charge is 0.187 e. The predicted octanol–water partition coefficient (Wildman–Crippen LogP) is -8.03. The van der Waals surface area contributed by atoms with Crippen LogP contribution in [0.15, 0.2) is 24.3 Å². The van der Waals surface area contributed by atoms with Crippen molar-refractivity contribution in [1.29, 1.82) is 0 Å². The molecular formula is C32H50O22. The molecule has 310 valence electrons. The molecule has 20 atom stereocenters. The topological polar surface area (TPSA) is 357 Å². The minimum atomic E-state index is -1.82. The van der Waals surface area contributed by atoms with Gasteiger partial charge in [-0.15, -0.1) is 0 Å². The Morgan fingerprint density at radius 1 is 0.407 bits per heavy atom. The molecule has 22 nitrogen and oxygen atoms in total. The Labute approximate surface area is 307 Å². The van der Waals surface area contributed by atoms with Gasteiger partial charge in [0.2, 0.25) is 0 Å². The highest BCUT2D eigenvalue weighted by Crippen LogP contribution is 2.32. The molecule has 4 saturated heterocycles. The van der Waals surface area contributed by atoms with E-state index in [0.717, 1.165) is 0 Å². The molecule has 0 spiro atoms. The quantitative estimate of drug-likeness (QED) is 0.0832. The molecule has 1 aromatic rings. The second-order valence-electron chi connectivity index (χ2n) is 13.5. The largest absolute Gasteiger partial charge is 0.394 e. The van der Waals surface area contributed by atoms with Crippen LogP contribution in [0.25, 0.3) is 0 Å². The van der Waals surface area contributed by atoms with E-state index in [9.17, 15) is 71.5 Å². The van der Waals surface area contributed by atoms with Crippen molar-refractivity contribution in [3.63, 3.8) is 0 Å². The molecule has 4 fully saturated rings. The molecule has 4 aliphatic heterocycles. The first-order chi connectivity index (χ1) is 25.7. The Hall–Kier alpha value is -1.66. The summed E-state index contributed by atoms with van der Waals surface area (Å²) in [5, 5.41) is 143. The summed E-state index contributed by atoms with van der Waals surface area (Å²) in [6.45, 7) is -3.38. The number of rotatable bonds is 14. The van der Waals surface area contributed by atoms with Gasteiger partial charge in [-0.1, -0.05) is 24.3 Å². The van der Waals surface area contributed by atoms with Crippen molar-refractivity contribution >= 4 is 0 Å². The Morgan fingerprint density at radius 3 is 1.09 bits per heavy atom. The van der Waals surface area contributed by atoms with Crippen molar-refractivity contribution in [2.24, 2.45) is 0 Å². The van der Waals surface area contributed by atoms with E-state index in [4.69, 9.17) is 37.9 Å². The van der Waals surface area contributed by atoms with Crippen LogP contribution in [0.2, 0.25) is 0 Å². The minimum Gasteiger partial charge on any atom is -0.394 e. The number of ether oxygens (including phenoxy) is 8. The van der Waals surface area contributed by atoms with Crippen LogP contribution in [0, 0.1) is 0 Å². The summed E-state index contributed by atoms with van der Waals surface area (Å²) in [4.78, 5) is 0. The first-order valence-electron chi connectivity index (χ1n) is 17.2. The van der Waals surface area contributed by atoms with Gasteiger partial charge in [-0.3, -0.25) is 0 Å². The van der Waals surface area contributed by atoms with Gasteiger partial charge in [0.25, 0.3) is 0 Å². The normalized spacial score (nSPS) is 46.0. The molecule has 0 bridgehead atoms. The molecular weight excluding hydrogens is 736 g/mol. The van der Waals surface area contributed by atoms with Crippen LogP contribution < -0.4 is 0 Å². The van der Waals surface area contributed by atoms with E-state index in [1.54, 1.807) is 24.3 Å². The van der Waals surface area contributed by atoms with Gasteiger partial charge in [-0.25, -0.2) is 0 Å². The highest BCUT2D eigenvalue weighted by atomic mass is 16.8. The van der Waals surface area contributed by atoms with Crippen molar-refractivity contribution < 1.29 is 109 Å². The van der Waals surface area contributed by atoms with E-state index >= 15 is 0 Å². The standard InChI is InChI=1S/C32H50O22/c33-5-13-17(37)19(39)23(43)31(49-13)53-27-15(7-35)51-29(25(45)21(27)41)47-9-11-2-1-3-12(4-11)10-48-30-26(46)22(42)28(16(8-36)52-30)54-32-24(44)20(40)18(38)14(6-34)50-32/h1-4,13-46H,5-10H2/t13-,14-,15-,16-,17+,18+,19+,20+,21-,22-,23-,24-,25-,26-,27+,28+,29-,30-,31-,32-/m1/s1. The minimum absolute atomic E-state index is 0.205.